The number of aromatic nitrogens is 3. The van der Waals surface area contributed by atoms with Crippen LogP contribution in [0.1, 0.15) is 38.0 Å². The van der Waals surface area contributed by atoms with Crippen LogP contribution in [-0.4, -0.2) is 70.0 Å². The van der Waals surface area contributed by atoms with Crippen LogP contribution in [0.15, 0.2) is 30.9 Å². The largest absolute Gasteiger partial charge is 0.384 e. The molecular formula is C22H30N6O2. The van der Waals surface area contributed by atoms with E-state index in [0.29, 0.717) is 31.9 Å². The van der Waals surface area contributed by atoms with Crippen molar-refractivity contribution < 1.29 is 9.53 Å². The Morgan fingerprint density at radius 1 is 1.27 bits per heavy atom. The second kappa shape index (κ2) is 9.49. The molecule has 0 aliphatic carbocycles. The van der Waals surface area contributed by atoms with Crippen molar-refractivity contribution in [3.63, 3.8) is 0 Å². The summed E-state index contributed by atoms with van der Waals surface area (Å²) in [6, 6.07) is 3.68. The van der Waals surface area contributed by atoms with E-state index in [1.54, 1.807) is 18.5 Å². The third-order valence-electron chi connectivity index (χ3n) is 6.08. The van der Waals surface area contributed by atoms with Crippen molar-refractivity contribution in [2.45, 2.75) is 32.3 Å². The Hall–Kier alpha value is -2.58. The first-order chi connectivity index (χ1) is 14.6. The number of nitrogens with zero attached hydrogens (tertiary/aromatic N) is 5. The number of nitrogens with two attached hydrogens (primary N) is 1. The van der Waals surface area contributed by atoms with E-state index in [2.05, 4.69) is 26.8 Å². The molecule has 4 heterocycles. The molecule has 0 radical (unpaired) electrons. The summed E-state index contributed by atoms with van der Waals surface area (Å²) < 4.78 is 6.00. The van der Waals surface area contributed by atoms with Crippen LogP contribution in [0.4, 0.5) is 5.82 Å². The topological polar surface area (TPSA) is 97.5 Å². The molecule has 1 unspecified atom stereocenters. The average Bonchev–Trinajstić information content (AvgIpc) is 2.78. The first kappa shape index (κ1) is 20.7. The van der Waals surface area contributed by atoms with Crippen LogP contribution in [0.2, 0.25) is 0 Å². The van der Waals surface area contributed by atoms with Crippen molar-refractivity contribution >= 4 is 11.7 Å². The van der Waals surface area contributed by atoms with Crippen molar-refractivity contribution in [1.29, 1.82) is 0 Å². The summed E-state index contributed by atoms with van der Waals surface area (Å²) in [4.78, 5) is 29.9. The predicted molar refractivity (Wildman–Crippen MR) is 114 cm³/mol. The van der Waals surface area contributed by atoms with Crippen molar-refractivity contribution in [2.75, 3.05) is 45.1 Å². The highest BCUT2D eigenvalue weighted by Gasteiger charge is 2.28. The average molecular weight is 411 g/mol. The van der Waals surface area contributed by atoms with Gasteiger partial charge in [0, 0.05) is 37.5 Å². The van der Waals surface area contributed by atoms with E-state index in [1.165, 1.54) is 19.2 Å². The lowest BCUT2D eigenvalue weighted by molar-refractivity contribution is -0.139. The fourth-order valence-corrected chi connectivity index (χ4v) is 4.17. The molecular weight excluding hydrogens is 380 g/mol. The molecule has 2 saturated heterocycles. The third kappa shape index (κ3) is 4.94. The molecule has 8 heteroatoms. The van der Waals surface area contributed by atoms with Crippen LogP contribution in [0.5, 0.6) is 0 Å². The van der Waals surface area contributed by atoms with Crippen molar-refractivity contribution in [3.8, 4) is 11.1 Å². The number of hydrogen-bond acceptors (Lipinski definition) is 7. The Bertz CT molecular complexity index is 868. The molecule has 2 aliphatic rings. The Morgan fingerprint density at radius 3 is 2.90 bits per heavy atom. The molecule has 8 nitrogen and oxygen atoms in total. The van der Waals surface area contributed by atoms with Gasteiger partial charge in [-0.1, -0.05) is 6.92 Å². The highest BCUT2D eigenvalue weighted by atomic mass is 16.5. The quantitative estimate of drug-likeness (QED) is 0.806. The van der Waals surface area contributed by atoms with Crippen LogP contribution < -0.4 is 5.73 Å². The maximum Gasteiger partial charge on any atom is 0.224 e. The number of morpholine rings is 1. The van der Waals surface area contributed by atoms with Gasteiger partial charge in [0.25, 0.3) is 0 Å². The van der Waals surface area contributed by atoms with Gasteiger partial charge in [-0.15, -0.1) is 0 Å². The highest BCUT2D eigenvalue weighted by Crippen LogP contribution is 2.30. The molecule has 1 atom stereocenters. The van der Waals surface area contributed by atoms with Gasteiger partial charge in [-0.25, -0.2) is 15.0 Å². The van der Waals surface area contributed by atoms with Crippen molar-refractivity contribution in [3.05, 3.63) is 36.5 Å². The lowest BCUT2D eigenvalue weighted by Gasteiger charge is -2.34. The molecule has 1 amide bonds. The summed E-state index contributed by atoms with van der Waals surface area (Å²) in [7, 11) is 0. The van der Waals surface area contributed by atoms with Gasteiger partial charge < -0.3 is 20.3 Å². The number of carbonyl (C=O) groups is 1. The van der Waals surface area contributed by atoms with E-state index in [9.17, 15) is 4.79 Å². The molecule has 2 N–H and O–H groups in total. The smallest absolute Gasteiger partial charge is 0.224 e. The SMILES string of the molecule is CC1CCN(CCC(=O)N2CCOC(c3ncncc3-c3ccnc(N)c3)C2)CC1. The van der Waals surface area contributed by atoms with E-state index in [4.69, 9.17) is 10.5 Å². The van der Waals surface area contributed by atoms with Crippen LogP contribution >= 0.6 is 0 Å². The number of nitrogen functional groups attached to an aromatic ring is 1. The first-order valence-corrected chi connectivity index (χ1v) is 10.7. The second-order valence-corrected chi connectivity index (χ2v) is 8.26. The summed E-state index contributed by atoms with van der Waals surface area (Å²) in [6.45, 7) is 6.95. The summed E-state index contributed by atoms with van der Waals surface area (Å²) in [5, 5.41) is 0. The summed E-state index contributed by atoms with van der Waals surface area (Å²) in [5.74, 6) is 1.43. The number of rotatable bonds is 5. The molecule has 0 bridgehead atoms. The number of hydrogen-bond donors (Lipinski definition) is 1. The van der Waals surface area contributed by atoms with Gasteiger partial charge in [-0.2, -0.15) is 0 Å². The lowest BCUT2D eigenvalue weighted by Crippen LogP contribution is -2.44. The van der Waals surface area contributed by atoms with Crippen molar-refractivity contribution in [2.24, 2.45) is 5.92 Å². The molecule has 4 rings (SSSR count). The van der Waals surface area contributed by atoms with Gasteiger partial charge in [0.2, 0.25) is 5.91 Å². The Morgan fingerprint density at radius 2 is 2.10 bits per heavy atom. The molecule has 2 fully saturated rings. The maximum atomic E-state index is 12.9. The summed E-state index contributed by atoms with van der Waals surface area (Å²) in [5.41, 5.74) is 8.37. The van der Waals surface area contributed by atoms with E-state index in [1.807, 2.05) is 11.0 Å². The number of pyridine rings is 1. The van der Waals surface area contributed by atoms with E-state index in [-0.39, 0.29) is 12.0 Å². The van der Waals surface area contributed by atoms with E-state index >= 15 is 0 Å². The standard InChI is InChI=1S/C22H30N6O2/c1-16-3-7-27(8-4-16)9-5-21(29)28-10-11-30-19(14-28)22-18(13-24-15-26-22)17-2-6-25-20(23)12-17/h2,6,12-13,15-16,19H,3-5,7-11,14H2,1H3,(H2,23,25). The Labute approximate surface area is 177 Å². The normalized spacial score (nSPS) is 21.0. The molecule has 2 aromatic rings. The first-order valence-electron chi connectivity index (χ1n) is 10.7. The zero-order chi connectivity index (χ0) is 20.9. The minimum Gasteiger partial charge on any atom is -0.384 e. The molecule has 160 valence electrons. The highest BCUT2D eigenvalue weighted by molar-refractivity contribution is 5.76. The lowest BCUT2D eigenvalue weighted by atomic mass is 9.99. The van der Waals surface area contributed by atoms with Crippen LogP contribution in [0.25, 0.3) is 11.1 Å². The van der Waals surface area contributed by atoms with Crippen LogP contribution in [0.3, 0.4) is 0 Å². The van der Waals surface area contributed by atoms with Gasteiger partial charge in [0.15, 0.2) is 0 Å². The molecule has 0 aromatic carbocycles. The minimum absolute atomic E-state index is 0.186. The van der Waals surface area contributed by atoms with Gasteiger partial charge in [-0.05, 0) is 49.5 Å². The molecule has 30 heavy (non-hydrogen) atoms. The number of piperidine rings is 1. The maximum absolute atomic E-state index is 12.9. The van der Waals surface area contributed by atoms with Gasteiger partial charge in [0.05, 0.1) is 18.8 Å². The monoisotopic (exact) mass is 410 g/mol. The number of amides is 1. The molecule has 0 spiro atoms. The number of likely N-dealkylation sites (tertiary alicyclic amines) is 1. The van der Waals surface area contributed by atoms with Gasteiger partial charge >= 0.3 is 0 Å². The number of anilines is 1. The molecule has 2 aromatic heterocycles. The molecule has 2 aliphatic heterocycles. The number of ether oxygens (including phenoxy) is 1. The van der Waals surface area contributed by atoms with Crippen molar-refractivity contribution in [1.82, 2.24) is 24.8 Å². The fourth-order valence-electron chi connectivity index (χ4n) is 4.17. The van der Waals surface area contributed by atoms with Gasteiger partial charge in [0.1, 0.15) is 18.2 Å². The summed E-state index contributed by atoms with van der Waals surface area (Å²) in [6.07, 6.45) is 7.67. The third-order valence-corrected chi connectivity index (χ3v) is 6.08. The fraction of sp³-hybridized carbons (Fsp3) is 0.545. The van der Waals surface area contributed by atoms with Crippen LogP contribution in [0, 0.1) is 5.92 Å². The summed E-state index contributed by atoms with van der Waals surface area (Å²) >= 11 is 0. The van der Waals surface area contributed by atoms with Gasteiger partial charge in [-0.3, -0.25) is 4.79 Å². The minimum atomic E-state index is -0.286. The van der Waals surface area contributed by atoms with E-state index in [0.717, 1.165) is 42.4 Å². The van der Waals surface area contributed by atoms with E-state index < -0.39 is 0 Å². The zero-order valence-electron chi connectivity index (χ0n) is 17.5. The Balaban J connectivity index is 1.41. The number of carbonyl (C=O) groups excluding carboxylic acids is 1. The predicted octanol–water partition coefficient (Wildman–Crippen LogP) is 2.14. The zero-order valence-corrected chi connectivity index (χ0v) is 17.5. The second-order valence-electron chi connectivity index (χ2n) is 8.26. The molecule has 0 saturated carbocycles. The Kier molecular flexibility index (Phi) is 6.54. The van der Waals surface area contributed by atoms with Crippen LogP contribution in [-0.2, 0) is 9.53 Å².